The summed E-state index contributed by atoms with van der Waals surface area (Å²) in [4.78, 5) is 0. The molecule has 2 rings (SSSR count). The second-order valence-corrected chi connectivity index (χ2v) is 5.90. The third-order valence-corrected chi connectivity index (χ3v) is 3.39. The highest BCUT2D eigenvalue weighted by Crippen LogP contribution is 2.47. The molecule has 0 bridgehead atoms. The van der Waals surface area contributed by atoms with E-state index in [0.717, 1.165) is 24.1 Å². The number of hydrogen-bond donors (Lipinski definition) is 1. The lowest BCUT2D eigenvalue weighted by Crippen LogP contribution is -2.25. The first kappa shape index (κ1) is 13.4. The average molecular weight is 247 g/mol. The van der Waals surface area contributed by atoms with Gasteiger partial charge in [0.15, 0.2) is 0 Å². The van der Waals surface area contributed by atoms with Gasteiger partial charge in [-0.3, -0.25) is 0 Å². The Balaban J connectivity index is 1.84. The quantitative estimate of drug-likeness (QED) is 0.829. The Bertz CT molecular complexity index is 369. The van der Waals surface area contributed by atoms with Crippen LogP contribution in [-0.4, -0.2) is 18.7 Å². The van der Waals surface area contributed by atoms with Crippen molar-refractivity contribution in [2.75, 3.05) is 6.54 Å². The lowest BCUT2D eigenvalue weighted by atomic mass is 10.1. The lowest BCUT2D eigenvalue weighted by molar-refractivity contribution is 0.242. The van der Waals surface area contributed by atoms with E-state index in [1.54, 1.807) is 0 Å². The molecule has 2 unspecified atom stereocenters. The molecule has 2 heteroatoms. The minimum Gasteiger partial charge on any atom is -0.491 e. The van der Waals surface area contributed by atoms with E-state index in [0.29, 0.717) is 6.04 Å². The molecule has 1 aliphatic carbocycles. The zero-order chi connectivity index (χ0) is 13.1. The molecule has 18 heavy (non-hydrogen) atoms. The Morgan fingerprint density at radius 2 is 1.83 bits per heavy atom. The summed E-state index contributed by atoms with van der Waals surface area (Å²) in [5, 5.41) is 3.52. The van der Waals surface area contributed by atoms with Crippen molar-refractivity contribution >= 4 is 0 Å². The molecule has 0 aliphatic heterocycles. The fourth-order valence-electron chi connectivity index (χ4n) is 2.33. The van der Waals surface area contributed by atoms with Crippen molar-refractivity contribution in [2.45, 2.75) is 52.2 Å². The SMILES string of the molecule is CC(C)NCC1CC1c1ccc(OC(C)C)cc1. The fourth-order valence-corrected chi connectivity index (χ4v) is 2.33. The van der Waals surface area contributed by atoms with Crippen LogP contribution in [-0.2, 0) is 0 Å². The summed E-state index contributed by atoms with van der Waals surface area (Å²) in [5.41, 5.74) is 1.46. The maximum absolute atomic E-state index is 5.66. The predicted molar refractivity (Wildman–Crippen MR) is 76.2 cm³/mol. The van der Waals surface area contributed by atoms with Crippen LogP contribution in [0, 0.1) is 5.92 Å². The zero-order valence-electron chi connectivity index (χ0n) is 11.9. The highest BCUT2D eigenvalue weighted by molar-refractivity contribution is 5.32. The molecular weight excluding hydrogens is 222 g/mol. The van der Waals surface area contributed by atoms with Crippen molar-refractivity contribution in [3.05, 3.63) is 29.8 Å². The first-order valence-corrected chi connectivity index (χ1v) is 7.06. The van der Waals surface area contributed by atoms with Gasteiger partial charge in [0.2, 0.25) is 0 Å². The summed E-state index contributed by atoms with van der Waals surface area (Å²) in [7, 11) is 0. The number of hydrogen-bond acceptors (Lipinski definition) is 2. The molecule has 0 radical (unpaired) electrons. The van der Waals surface area contributed by atoms with Gasteiger partial charge in [-0.05, 0) is 56.3 Å². The summed E-state index contributed by atoms with van der Waals surface area (Å²) in [6, 6.07) is 9.23. The molecule has 1 aromatic carbocycles. The molecule has 2 nitrogen and oxygen atoms in total. The van der Waals surface area contributed by atoms with Gasteiger partial charge in [-0.25, -0.2) is 0 Å². The highest BCUT2D eigenvalue weighted by Gasteiger charge is 2.37. The van der Waals surface area contributed by atoms with Crippen LogP contribution in [0.15, 0.2) is 24.3 Å². The van der Waals surface area contributed by atoms with Crippen LogP contribution in [0.1, 0.15) is 45.6 Å². The van der Waals surface area contributed by atoms with Gasteiger partial charge in [0.05, 0.1) is 6.10 Å². The van der Waals surface area contributed by atoms with Gasteiger partial charge in [0.1, 0.15) is 5.75 Å². The van der Waals surface area contributed by atoms with Gasteiger partial charge < -0.3 is 10.1 Å². The van der Waals surface area contributed by atoms with Crippen LogP contribution in [0.4, 0.5) is 0 Å². The van der Waals surface area contributed by atoms with Crippen molar-refractivity contribution in [1.29, 1.82) is 0 Å². The van der Waals surface area contributed by atoms with Crippen molar-refractivity contribution < 1.29 is 4.74 Å². The van der Waals surface area contributed by atoms with Crippen molar-refractivity contribution in [2.24, 2.45) is 5.92 Å². The Hall–Kier alpha value is -1.02. The molecule has 0 spiro atoms. The molecule has 0 heterocycles. The van der Waals surface area contributed by atoms with Gasteiger partial charge in [0, 0.05) is 6.04 Å². The predicted octanol–water partition coefficient (Wildman–Crippen LogP) is 3.58. The fraction of sp³-hybridized carbons (Fsp3) is 0.625. The zero-order valence-corrected chi connectivity index (χ0v) is 11.9. The van der Waals surface area contributed by atoms with E-state index in [9.17, 15) is 0 Å². The average Bonchev–Trinajstić information content (AvgIpc) is 3.06. The number of nitrogens with one attached hydrogen (secondary N) is 1. The largest absolute Gasteiger partial charge is 0.491 e. The van der Waals surface area contributed by atoms with Gasteiger partial charge >= 0.3 is 0 Å². The molecular formula is C16H25NO. The monoisotopic (exact) mass is 247 g/mol. The first-order chi connectivity index (χ1) is 8.56. The maximum atomic E-state index is 5.66. The van der Waals surface area contributed by atoms with E-state index < -0.39 is 0 Å². The van der Waals surface area contributed by atoms with E-state index >= 15 is 0 Å². The summed E-state index contributed by atoms with van der Waals surface area (Å²) in [5.74, 6) is 2.56. The first-order valence-electron chi connectivity index (χ1n) is 7.06. The molecule has 1 aliphatic rings. The van der Waals surface area contributed by atoms with Crippen LogP contribution in [0.25, 0.3) is 0 Å². The maximum Gasteiger partial charge on any atom is 0.119 e. The summed E-state index contributed by atoms with van der Waals surface area (Å²) < 4.78 is 5.66. The minimum absolute atomic E-state index is 0.250. The standard InChI is InChI=1S/C16H25NO/c1-11(2)17-10-14-9-16(14)13-5-7-15(8-6-13)18-12(3)4/h5-8,11-12,14,16-17H,9-10H2,1-4H3. The number of ether oxygens (including phenoxy) is 1. The van der Waals surface area contributed by atoms with E-state index in [1.165, 1.54) is 12.0 Å². The van der Waals surface area contributed by atoms with Crippen LogP contribution >= 0.6 is 0 Å². The van der Waals surface area contributed by atoms with E-state index in [2.05, 4.69) is 57.3 Å². The molecule has 1 N–H and O–H groups in total. The Morgan fingerprint density at radius 1 is 1.17 bits per heavy atom. The molecule has 0 amide bonds. The van der Waals surface area contributed by atoms with Crippen LogP contribution < -0.4 is 10.1 Å². The van der Waals surface area contributed by atoms with E-state index in [4.69, 9.17) is 4.74 Å². The van der Waals surface area contributed by atoms with Gasteiger partial charge in [-0.2, -0.15) is 0 Å². The molecule has 100 valence electrons. The molecule has 1 saturated carbocycles. The van der Waals surface area contributed by atoms with Gasteiger partial charge in [0.25, 0.3) is 0 Å². The molecule has 0 saturated heterocycles. The van der Waals surface area contributed by atoms with E-state index in [1.807, 2.05) is 0 Å². The van der Waals surface area contributed by atoms with Gasteiger partial charge in [-0.15, -0.1) is 0 Å². The van der Waals surface area contributed by atoms with Crippen LogP contribution in [0.2, 0.25) is 0 Å². The summed E-state index contributed by atoms with van der Waals surface area (Å²) >= 11 is 0. The summed E-state index contributed by atoms with van der Waals surface area (Å²) in [6.07, 6.45) is 1.57. The second-order valence-electron chi connectivity index (χ2n) is 5.90. The lowest BCUT2D eigenvalue weighted by Gasteiger charge is -2.10. The van der Waals surface area contributed by atoms with Crippen LogP contribution in [0.3, 0.4) is 0 Å². The number of benzene rings is 1. The van der Waals surface area contributed by atoms with Crippen molar-refractivity contribution in [3.63, 3.8) is 0 Å². The van der Waals surface area contributed by atoms with Gasteiger partial charge in [-0.1, -0.05) is 26.0 Å². The molecule has 1 aromatic rings. The topological polar surface area (TPSA) is 21.3 Å². The molecule has 2 atom stereocenters. The van der Waals surface area contributed by atoms with Crippen molar-refractivity contribution in [3.8, 4) is 5.75 Å². The Morgan fingerprint density at radius 3 is 2.39 bits per heavy atom. The minimum atomic E-state index is 0.250. The Kier molecular flexibility index (Phi) is 4.28. The van der Waals surface area contributed by atoms with E-state index in [-0.39, 0.29) is 6.10 Å². The third kappa shape index (κ3) is 3.74. The number of rotatable bonds is 6. The van der Waals surface area contributed by atoms with Crippen LogP contribution in [0.5, 0.6) is 5.75 Å². The Labute approximate surface area is 111 Å². The summed E-state index contributed by atoms with van der Waals surface area (Å²) in [6.45, 7) is 9.67. The molecule has 0 aromatic heterocycles. The normalized spacial score (nSPS) is 22.6. The molecule has 1 fully saturated rings. The second kappa shape index (κ2) is 5.75. The smallest absolute Gasteiger partial charge is 0.119 e. The van der Waals surface area contributed by atoms with Crippen molar-refractivity contribution in [1.82, 2.24) is 5.32 Å². The highest BCUT2D eigenvalue weighted by atomic mass is 16.5. The third-order valence-electron chi connectivity index (χ3n) is 3.39.